The first-order chi connectivity index (χ1) is 7.54. The lowest BCUT2D eigenvalue weighted by molar-refractivity contribution is 0.0938. The van der Waals surface area contributed by atoms with Crippen molar-refractivity contribution in [1.82, 2.24) is 5.32 Å². The van der Waals surface area contributed by atoms with Crippen LogP contribution >= 0.6 is 15.9 Å². The van der Waals surface area contributed by atoms with Gasteiger partial charge in [0.2, 0.25) is 0 Å². The maximum absolute atomic E-state index is 13.4. The predicted octanol–water partition coefficient (Wildman–Crippen LogP) is 1.95. The average molecular weight is 290 g/mol. The summed E-state index contributed by atoms with van der Waals surface area (Å²) in [7, 11) is 0. The third-order valence-electron chi connectivity index (χ3n) is 2.10. The molecule has 1 aromatic rings. The summed E-state index contributed by atoms with van der Waals surface area (Å²) < 4.78 is 14.0. The number of aliphatic hydroxyl groups excluding tert-OH is 1. The molecule has 1 aromatic carbocycles. The van der Waals surface area contributed by atoms with Gasteiger partial charge in [0.15, 0.2) is 0 Å². The van der Waals surface area contributed by atoms with Crippen LogP contribution in [0.25, 0.3) is 0 Å². The van der Waals surface area contributed by atoms with Gasteiger partial charge in [-0.15, -0.1) is 0 Å². The van der Waals surface area contributed by atoms with Crippen molar-refractivity contribution in [1.29, 1.82) is 0 Å². The standard InChI is InChI=1S/C11H13BrFNO2/c1-7(6-15)5-14-11(16)9-3-2-8(12)4-10(9)13/h2-4,7,15H,5-6H2,1H3,(H,14,16). The summed E-state index contributed by atoms with van der Waals surface area (Å²) in [5.74, 6) is -1.07. The zero-order valence-electron chi connectivity index (χ0n) is 8.84. The molecule has 1 unspecified atom stereocenters. The molecule has 0 radical (unpaired) electrons. The second-order valence-corrected chi connectivity index (χ2v) is 4.54. The molecule has 3 nitrogen and oxygen atoms in total. The molecule has 0 saturated heterocycles. The lowest BCUT2D eigenvalue weighted by Gasteiger charge is -2.10. The number of amides is 1. The first kappa shape index (κ1) is 13.1. The maximum Gasteiger partial charge on any atom is 0.254 e. The number of rotatable bonds is 4. The van der Waals surface area contributed by atoms with E-state index < -0.39 is 11.7 Å². The molecule has 2 N–H and O–H groups in total. The van der Waals surface area contributed by atoms with Crippen LogP contribution in [0.15, 0.2) is 22.7 Å². The Hall–Kier alpha value is -0.940. The van der Waals surface area contributed by atoms with Crippen LogP contribution in [0.3, 0.4) is 0 Å². The highest BCUT2D eigenvalue weighted by atomic mass is 79.9. The molecular formula is C11H13BrFNO2. The summed E-state index contributed by atoms with van der Waals surface area (Å²) >= 11 is 3.11. The minimum Gasteiger partial charge on any atom is -0.396 e. The molecule has 0 saturated carbocycles. The fourth-order valence-electron chi connectivity index (χ4n) is 1.10. The highest BCUT2D eigenvalue weighted by molar-refractivity contribution is 9.10. The molecule has 0 aliphatic rings. The lowest BCUT2D eigenvalue weighted by atomic mass is 10.1. The topological polar surface area (TPSA) is 49.3 Å². The molecule has 1 atom stereocenters. The molecule has 0 spiro atoms. The number of aliphatic hydroxyl groups is 1. The molecule has 0 aliphatic heterocycles. The van der Waals surface area contributed by atoms with Gasteiger partial charge in [-0.2, -0.15) is 0 Å². The smallest absolute Gasteiger partial charge is 0.254 e. The van der Waals surface area contributed by atoms with Crippen LogP contribution in [0, 0.1) is 11.7 Å². The Morgan fingerprint density at radius 2 is 2.31 bits per heavy atom. The van der Waals surface area contributed by atoms with Gasteiger partial charge in [-0.05, 0) is 24.1 Å². The predicted molar refractivity (Wildman–Crippen MR) is 62.7 cm³/mol. The molecule has 0 fully saturated rings. The van der Waals surface area contributed by atoms with E-state index in [1.165, 1.54) is 12.1 Å². The first-order valence-electron chi connectivity index (χ1n) is 4.88. The third kappa shape index (κ3) is 3.57. The molecule has 0 aliphatic carbocycles. The number of hydrogen-bond donors (Lipinski definition) is 2. The number of halogens is 2. The fraction of sp³-hybridized carbons (Fsp3) is 0.364. The van der Waals surface area contributed by atoms with E-state index in [2.05, 4.69) is 21.2 Å². The van der Waals surface area contributed by atoms with Crippen LogP contribution in [0.2, 0.25) is 0 Å². The van der Waals surface area contributed by atoms with Crippen molar-refractivity contribution in [3.05, 3.63) is 34.1 Å². The van der Waals surface area contributed by atoms with Crippen LogP contribution in [0.4, 0.5) is 4.39 Å². The number of nitrogens with one attached hydrogen (secondary N) is 1. The summed E-state index contributed by atoms with van der Waals surface area (Å²) in [4.78, 5) is 11.5. The van der Waals surface area contributed by atoms with E-state index in [1.54, 1.807) is 13.0 Å². The zero-order chi connectivity index (χ0) is 12.1. The lowest BCUT2D eigenvalue weighted by Crippen LogP contribution is -2.30. The van der Waals surface area contributed by atoms with Crippen molar-refractivity contribution in [2.24, 2.45) is 5.92 Å². The van der Waals surface area contributed by atoms with Gasteiger partial charge in [0.1, 0.15) is 5.82 Å². The van der Waals surface area contributed by atoms with Crippen LogP contribution < -0.4 is 5.32 Å². The number of hydrogen-bond acceptors (Lipinski definition) is 2. The van der Waals surface area contributed by atoms with Crippen molar-refractivity contribution in [3.63, 3.8) is 0 Å². The third-order valence-corrected chi connectivity index (χ3v) is 2.59. The van der Waals surface area contributed by atoms with Crippen molar-refractivity contribution in [3.8, 4) is 0 Å². The number of carbonyl (C=O) groups is 1. The molecule has 5 heteroatoms. The summed E-state index contributed by atoms with van der Waals surface area (Å²) in [6.07, 6.45) is 0. The van der Waals surface area contributed by atoms with Gasteiger partial charge in [0.05, 0.1) is 5.56 Å². The summed E-state index contributed by atoms with van der Waals surface area (Å²) in [6, 6.07) is 4.26. The van der Waals surface area contributed by atoms with Crippen LogP contribution in [0.1, 0.15) is 17.3 Å². The van der Waals surface area contributed by atoms with E-state index in [0.717, 1.165) is 0 Å². The van der Waals surface area contributed by atoms with Gasteiger partial charge in [-0.1, -0.05) is 22.9 Å². The van der Waals surface area contributed by atoms with Gasteiger partial charge in [0, 0.05) is 17.6 Å². The fourth-order valence-corrected chi connectivity index (χ4v) is 1.43. The Balaban J connectivity index is 2.66. The molecule has 1 rings (SSSR count). The molecule has 88 valence electrons. The number of carbonyl (C=O) groups excluding carboxylic acids is 1. The minimum atomic E-state index is -0.566. The Morgan fingerprint density at radius 1 is 1.62 bits per heavy atom. The maximum atomic E-state index is 13.4. The van der Waals surface area contributed by atoms with E-state index in [1.807, 2.05) is 0 Å². The van der Waals surface area contributed by atoms with Crippen molar-refractivity contribution >= 4 is 21.8 Å². The average Bonchev–Trinajstić information content (AvgIpc) is 2.25. The van der Waals surface area contributed by atoms with Crippen molar-refractivity contribution in [2.45, 2.75) is 6.92 Å². The normalized spacial score (nSPS) is 12.2. The molecule has 0 bridgehead atoms. The number of benzene rings is 1. The SMILES string of the molecule is CC(CO)CNC(=O)c1ccc(Br)cc1F. The Labute approximate surface area is 102 Å². The minimum absolute atomic E-state index is 0.00772. The highest BCUT2D eigenvalue weighted by Gasteiger charge is 2.12. The van der Waals surface area contributed by atoms with Crippen LogP contribution in [-0.4, -0.2) is 24.2 Å². The monoisotopic (exact) mass is 289 g/mol. The van der Waals surface area contributed by atoms with Crippen molar-refractivity contribution in [2.75, 3.05) is 13.2 Å². The van der Waals surface area contributed by atoms with E-state index in [9.17, 15) is 9.18 Å². The first-order valence-corrected chi connectivity index (χ1v) is 5.68. The zero-order valence-corrected chi connectivity index (χ0v) is 10.4. The molecule has 0 aromatic heterocycles. The van der Waals surface area contributed by atoms with Gasteiger partial charge in [-0.3, -0.25) is 4.79 Å². The second kappa shape index (κ2) is 5.96. The highest BCUT2D eigenvalue weighted by Crippen LogP contribution is 2.15. The quantitative estimate of drug-likeness (QED) is 0.890. The summed E-state index contributed by atoms with van der Waals surface area (Å²) in [5, 5.41) is 11.3. The van der Waals surface area contributed by atoms with Gasteiger partial charge in [0.25, 0.3) is 5.91 Å². The molecular weight excluding hydrogens is 277 g/mol. The largest absolute Gasteiger partial charge is 0.396 e. The van der Waals surface area contributed by atoms with Crippen LogP contribution in [0.5, 0.6) is 0 Å². The van der Waals surface area contributed by atoms with Gasteiger partial charge < -0.3 is 10.4 Å². The summed E-state index contributed by atoms with van der Waals surface area (Å²) in [5.41, 5.74) is 0.00772. The Kier molecular flexibility index (Phi) is 4.89. The van der Waals surface area contributed by atoms with Gasteiger partial charge >= 0.3 is 0 Å². The molecule has 0 heterocycles. The van der Waals surface area contributed by atoms with E-state index >= 15 is 0 Å². The van der Waals surface area contributed by atoms with Crippen LogP contribution in [-0.2, 0) is 0 Å². The van der Waals surface area contributed by atoms with Crippen molar-refractivity contribution < 1.29 is 14.3 Å². The van der Waals surface area contributed by atoms with E-state index in [4.69, 9.17) is 5.11 Å². The molecule has 16 heavy (non-hydrogen) atoms. The second-order valence-electron chi connectivity index (χ2n) is 3.62. The molecule has 1 amide bonds. The Morgan fingerprint density at radius 3 is 2.88 bits per heavy atom. The Bertz CT molecular complexity index is 384. The van der Waals surface area contributed by atoms with E-state index in [0.29, 0.717) is 11.0 Å². The van der Waals surface area contributed by atoms with Gasteiger partial charge in [-0.25, -0.2) is 4.39 Å². The van der Waals surface area contributed by atoms with E-state index in [-0.39, 0.29) is 18.1 Å². The summed E-state index contributed by atoms with van der Waals surface area (Å²) in [6.45, 7) is 2.10.